The van der Waals surface area contributed by atoms with Crippen molar-refractivity contribution < 1.29 is 27.2 Å². The maximum Gasteiger partial charge on any atom is 0.325 e. The van der Waals surface area contributed by atoms with Crippen LogP contribution in [0.1, 0.15) is 39.4 Å². The third kappa shape index (κ3) is 3.76. The van der Waals surface area contributed by atoms with Crippen LogP contribution in [0.15, 0.2) is 34.7 Å². The van der Waals surface area contributed by atoms with Crippen LogP contribution in [-0.4, -0.2) is 66.2 Å². The van der Waals surface area contributed by atoms with Crippen molar-refractivity contribution >= 4 is 38.7 Å². The number of nitrogens with one attached hydrogen (secondary N) is 1. The number of benzene rings is 1. The fourth-order valence-electron chi connectivity index (χ4n) is 4.45. The number of fused-ring (bicyclic) bond motifs is 1. The number of para-hydroxylation sites is 1. The molecule has 2 fully saturated rings. The molecule has 2 saturated heterocycles. The minimum atomic E-state index is -3.20. The van der Waals surface area contributed by atoms with Crippen molar-refractivity contribution in [2.45, 2.75) is 51.2 Å². The summed E-state index contributed by atoms with van der Waals surface area (Å²) in [5, 5.41) is 3.45. The van der Waals surface area contributed by atoms with Crippen LogP contribution in [0.25, 0.3) is 11.0 Å². The van der Waals surface area contributed by atoms with Gasteiger partial charge in [-0.3, -0.25) is 14.5 Å². The molecule has 3 atom stereocenters. The highest BCUT2D eigenvalue weighted by atomic mass is 32.2. The number of carbonyl (C=O) groups is 3. The summed E-state index contributed by atoms with van der Waals surface area (Å²) < 4.78 is 29.7. The Balaban J connectivity index is 1.57. The first-order valence-electron chi connectivity index (χ1n) is 10.7. The molecule has 172 valence electrons. The largest absolute Gasteiger partial charge is 0.458 e. The van der Waals surface area contributed by atoms with Crippen LogP contribution in [-0.2, 0) is 25.0 Å². The molecular formula is C22H27N3O6S. The number of hydrogen-bond acceptors (Lipinski definition) is 6. The summed E-state index contributed by atoms with van der Waals surface area (Å²) in [4.78, 5) is 41.6. The second kappa shape index (κ2) is 7.91. The number of hydrogen-bond donors (Lipinski definition) is 1. The van der Waals surface area contributed by atoms with E-state index < -0.39 is 45.8 Å². The van der Waals surface area contributed by atoms with E-state index in [1.54, 1.807) is 19.1 Å². The number of nitrogens with zero attached hydrogens (tertiary/aromatic N) is 2. The molecule has 0 saturated carbocycles. The molecular weight excluding hydrogens is 434 g/mol. The van der Waals surface area contributed by atoms with E-state index >= 15 is 0 Å². The molecule has 2 aliphatic rings. The monoisotopic (exact) mass is 461 g/mol. The van der Waals surface area contributed by atoms with E-state index in [-0.39, 0.29) is 23.3 Å². The lowest BCUT2D eigenvalue weighted by Crippen LogP contribution is -2.51. The molecule has 2 aliphatic heterocycles. The first-order valence-corrected chi connectivity index (χ1v) is 12.5. The maximum absolute atomic E-state index is 13.3. The smallest absolute Gasteiger partial charge is 0.325 e. The molecule has 0 aliphatic carbocycles. The number of urea groups is 1. The van der Waals surface area contributed by atoms with Gasteiger partial charge < -0.3 is 14.6 Å². The van der Waals surface area contributed by atoms with Gasteiger partial charge in [0.15, 0.2) is 15.4 Å². The van der Waals surface area contributed by atoms with Crippen LogP contribution in [0.5, 0.6) is 0 Å². The zero-order chi connectivity index (χ0) is 23.3. The van der Waals surface area contributed by atoms with Crippen molar-refractivity contribution in [3.63, 3.8) is 0 Å². The SMILES string of the molecule is CC[C@H](C)N(C(=O)CN1C(=O)N[C@@](C)(c2cc3ccccc3o2)C1=O)[C@@H]1CCS(=O)(=O)C1. The summed E-state index contributed by atoms with van der Waals surface area (Å²) in [6.07, 6.45) is 0.981. The highest BCUT2D eigenvalue weighted by Gasteiger charge is 2.52. The molecule has 0 spiro atoms. The van der Waals surface area contributed by atoms with E-state index in [1.807, 2.05) is 32.0 Å². The molecule has 2 aromatic rings. The zero-order valence-electron chi connectivity index (χ0n) is 18.3. The number of sulfone groups is 1. The minimum Gasteiger partial charge on any atom is -0.458 e. The van der Waals surface area contributed by atoms with Gasteiger partial charge in [-0.05, 0) is 38.8 Å². The van der Waals surface area contributed by atoms with Gasteiger partial charge >= 0.3 is 6.03 Å². The van der Waals surface area contributed by atoms with Gasteiger partial charge in [0.05, 0.1) is 11.5 Å². The molecule has 10 heteroatoms. The zero-order valence-corrected chi connectivity index (χ0v) is 19.1. The van der Waals surface area contributed by atoms with Crippen molar-refractivity contribution in [3.05, 3.63) is 36.1 Å². The standard InChI is InChI=1S/C22H27N3O6S/c1-4-14(2)25(16-9-10-32(29,30)13-16)19(26)12-24-20(27)22(3,23-21(24)28)18-11-15-7-5-6-8-17(15)31-18/h5-8,11,14,16H,4,9-10,12-13H2,1-3H3,(H,23,28)/t14-,16+,22-/m0/s1. The van der Waals surface area contributed by atoms with Gasteiger partial charge in [-0.15, -0.1) is 0 Å². The first kappa shape index (κ1) is 22.3. The van der Waals surface area contributed by atoms with E-state index in [4.69, 9.17) is 4.42 Å². The molecule has 4 rings (SSSR count). The van der Waals surface area contributed by atoms with E-state index in [9.17, 15) is 22.8 Å². The lowest BCUT2D eigenvalue weighted by atomic mass is 9.99. The van der Waals surface area contributed by atoms with Gasteiger partial charge in [-0.1, -0.05) is 25.1 Å². The third-order valence-electron chi connectivity index (χ3n) is 6.44. The molecule has 0 unspecified atom stereocenters. The Morgan fingerprint density at radius 2 is 2.06 bits per heavy atom. The molecule has 1 N–H and O–H groups in total. The predicted octanol–water partition coefficient (Wildman–Crippen LogP) is 2.01. The molecule has 0 radical (unpaired) electrons. The van der Waals surface area contributed by atoms with Crippen molar-refractivity contribution in [2.75, 3.05) is 18.1 Å². The Labute approximate surface area is 186 Å². The van der Waals surface area contributed by atoms with Gasteiger partial charge in [-0.25, -0.2) is 13.2 Å². The van der Waals surface area contributed by atoms with E-state index in [0.29, 0.717) is 18.4 Å². The third-order valence-corrected chi connectivity index (χ3v) is 8.19. The van der Waals surface area contributed by atoms with Gasteiger partial charge in [0.25, 0.3) is 5.91 Å². The second-order valence-corrected chi connectivity index (χ2v) is 10.9. The number of imide groups is 1. The first-order chi connectivity index (χ1) is 15.1. The van der Waals surface area contributed by atoms with Crippen molar-refractivity contribution in [1.82, 2.24) is 15.1 Å². The van der Waals surface area contributed by atoms with E-state index in [0.717, 1.165) is 10.3 Å². The highest BCUT2D eigenvalue weighted by molar-refractivity contribution is 7.91. The summed E-state index contributed by atoms with van der Waals surface area (Å²) in [5.74, 6) is -0.810. The van der Waals surface area contributed by atoms with Gasteiger partial charge in [0.2, 0.25) is 5.91 Å². The van der Waals surface area contributed by atoms with Gasteiger partial charge in [0, 0.05) is 17.5 Å². The Morgan fingerprint density at radius 1 is 1.34 bits per heavy atom. The van der Waals surface area contributed by atoms with Crippen LogP contribution in [0, 0.1) is 0 Å². The van der Waals surface area contributed by atoms with E-state index in [1.165, 1.54) is 4.90 Å². The molecule has 9 nitrogen and oxygen atoms in total. The number of furan rings is 1. The molecule has 1 aromatic carbocycles. The summed E-state index contributed by atoms with van der Waals surface area (Å²) in [5.41, 5.74) is -0.848. The van der Waals surface area contributed by atoms with Crippen LogP contribution in [0.4, 0.5) is 4.79 Å². The fraction of sp³-hybridized carbons (Fsp3) is 0.500. The predicted molar refractivity (Wildman–Crippen MR) is 117 cm³/mol. The molecule has 0 bridgehead atoms. The molecule has 32 heavy (non-hydrogen) atoms. The van der Waals surface area contributed by atoms with Crippen LogP contribution in [0.3, 0.4) is 0 Å². The maximum atomic E-state index is 13.3. The lowest BCUT2D eigenvalue weighted by Gasteiger charge is -2.34. The van der Waals surface area contributed by atoms with Crippen LogP contribution in [0.2, 0.25) is 0 Å². The highest BCUT2D eigenvalue weighted by Crippen LogP contribution is 2.33. The number of amides is 4. The summed E-state index contributed by atoms with van der Waals surface area (Å²) >= 11 is 0. The Hall–Kier alpha value is -2.88. The minimum absolute atomic E-state index is 0.0329. The van der Waals surface area contributed by atoms with Crippen LogP contribution < -0.4 is 5.32 Å². The van der Waals surface area contributed by atoms with Gasteiger partial charge in [-0.2, -0.15) is 0 Å². The van der Waals surface area contributed by atoms with Crippen LogP contribution >= 0.6 is 0 Å². The summed E-state index contributed by atoms with van der Waals surface area (Å²) in [7, 11) is -3.20. The molecule has 3 heterocycles. The summed E-state index contributed by atoms with van der Waals surface area (Å²) in [6.45, 7) is 4.83. The number of carbonyl (C=O) groups excluding carboxylic acids is 3. The topological polar surface area (TPSA) is 117 Å². The van der Waals surface area contributed by atoms with Gasteiger partial charge in [0.1, 0.15) is 17.9 Å². The Bertz CT molecular complexity index is 1160. The normalized spacial score (nSPS) is 25.8. The second-order valence-electron chi connectivity index (χ2n) is 8.71. The molecule has 4 amide bonds. The van der Waals surface area contributed by atoms with Crippen molar-refractivity contribution in [1.29, 1.82) is 0 Å². The molecule has 1 aromatic heterocycles. The van der Waals surface area contributed by atoms with Crippen molar-refractivity contribution in [3.8, 4) is 0 Å². The lowest BCUT2D eigenvalue weighted by molar-refractivity contribution is -0.141. The average molecular weight is 462 g/mol. The summed E-state index contributed by atoms with van der Waals surface area (Å²) in [6, 6.07) is 7.61. The quantitative estimate of drug-likeness (QED) is 0.658. The fourth-order valence-corrected chi connectivity index (χ4v) is 6.16. The average Bonchev–Trinajstić information content (AvgIpc) is 3.39. The Morgan fingerprint density at radius 3 is 2.69 bits per heavy atom. The Kier molecular flexibility index (Phi) is 5.52. The van der Waals surface area contributed by atoms with E-state index in [2.05, 4.69) is 5.32 Å². The number of rotatable bonds is 6. The van der Waals surface area contributed by atoms with Crippen molar-refractivity contribution in [2.24, 2.45) is 0 Å².